The summed E-state index contributed by atoms with van der Waals surface area (Å²) in [4.78, 5) is 14.3. The predicted molar refractivity (Wildman–Crippen MR) is 104 cm³/mol. The largest absolute Gasteiger partial charge is 0.508 e. The SMILES string of the molecule is CC(C)(C)OC(=O)N1CC[C@H]2O[C@H]3c4ccc(O)cc4OC(C)(C)[C@@H]3C[C@@H]2C1. The minimum Gasteiger partial charge on any atom is -0.508 e. The van der Waals surface area contributed by atoms with Crippen LogP contribution in [0.5, 0.6) is 11.5 Å². The molecule has 0 aromatic heterocycles. The van der Waals surface area contributed by atoms with Crippen molar-refractivity contribution in [2.45, 2.75) is 70.9 Å². The number of rotatable bonds is 0. The quantitative estimate of drug-likeness (QED) is 0.718. The number of hydrogen-bond acceptors (Lipinski definition) is 5. The van der Waals surface area contributed by atoms with Gasteiger partial charge in [0, 0.05) is 36.6 Å². The molecule has 1 aromatic rings. The number of fused-ring (bicyclic) bond motifs is 4. The molecule has 3 aliphatic heterocycles. The van der Waals surface area contributed by atoms with Crippen LogP contribution in [0.2, 0.25) is 0 Å². The molecule has 4 atom stereocenters. The Morgan fingerprint density at radius 3 is 2.79 bits per heavy atom. The van der Waals surface area contributed by atoms with Gasteiger partial charge in [-0.05, 0) is 59.6 Å². The number of likely N-dealkylation sites (tertiary alicyclic amines) is 1. The van der Waals surface area contributed by atoms with Gasteiger partial charge in [0.2, 0.25) is 0 Å². The lowest BCUT2D eigenvalue weighted by atomic mass is 9.70. The summed E-state index contributed by atoms with van der Waals surface area (Å²) < 4.78 is 18.4. The third-order valence-electron chi connectivity index (χ3n) is 6.13. The van der Waals surface area contributed by atoms with E-state index >= 15 is 0 Å². The first-order chi connectivity index (χ1) is 13.0. The molecule has 0 unspecified atom stereocenters. The number of phenols is 1. The number of carbonyl (C=O) groups excluding carboxylic acids is 1. The van der Waals surface area contributed by atoms with Crippen molar-refractivity contribution in [2.75, 3.05) is 13.1 Å². The van der Waals surface area contributed by atoms with Gasteiger partial charge in [0.25, 0.3) is 0 Å². The molecule has 6 heteroatoms. The molecule has 0 saturated carbocycles. The van der Waals surface area contributed by atoms with E-state index in [1.54, 1.807) is 12.1 Å². The number of ether oxygens (including phenoxy) is 3. The maximum absolute atomic E-state index is 12.5. The van der Waals surface area contributed by atoms with E-state index in [0.717, 1.165) is 18.4 Å². The highest BCUT2D eigenvalue weighted by Crippen LogP contribution is 2.53. The van der Waals surface area contributed by atoms with Crippen LogP contribution in [0.3, 0.4) is 0 Å². The maximum Gasteiger partial charge on any atom is 0.410 e. The standard InChI is InChI=1S/C22H31NO5/c1-21(2,3)28-20(25)23-9-8-17-13(12-23)10-16-19(26-17)15-7-6-14(24)11-18(15)27-22(16,4)5/h6-7,11,13,16-17,19,24H,8-10,12H2,1-5H3/t13-,16-,17-,19+/m1/s1. The molecule has 4 rings (SSSR count). The molecule has 2 fully saturated rings. The second-order valence-electron chi connectivity index (χ2n) is 9.84. The molecule has 1 aromatic carbocycles. The second kappa shape index (κ2) is 6.55. The number of benzene rings is 1. The van der Waals surface area contributed by atoms with Gasteiger partial charge in [-0.2, -0.15) is 0 Å². The summed E-state index contributed by atoms with van der Waals surface area (Å²) in [5, 5.41) is 9.83. The van der Waals surface area contributed by atoms with Gasteiger partial charge in [0.15, 0.2) is 0 Å². The normalized spacial score (nSPS) is 31.1. The van der Waals surface area contributed by atoms with Crippen molar-refractivity contribution in [2.24, 2.45) is 11.8 Å². The van der Waals surface area contributed by atoms with Gasteiger partial charge < -0.3 is 24.2 Å². The number of amides is 1. The molecule has 3 aliphatic rings. The lowest BCUT2D eigenvalue weighted by molar-refractivity contribution is -0.185. The van der Waals surface area contributed by atoms with Gasteiger partial charge in [0.1, 0.15) is 22.7 Å². The van der Waals surface area contributed by atoms with Crippen molar-refractivity contribution in [3.63, 3.8) is 0 Å². The fraction of sp³-hybridized carbons (Fsp3) is 0.682. The Hall–Kier alpha value is -1.95. The number of aromatic hydroxyl groups is 1. The van der Waals surface area contributed by atoms with Crippen LogP contribution in [-0.4, -0.2) is 46.5 Å². The van der Waals surface area contributed by atoms with Crippen molar-refractivity contribution in [3.8, 4) is 11.5 Å². The summed E-state index contributed by atoms with van der Waals surface area (Å²) in [5.41, 5.74) is 0.108. The number of hydrogen-bond donors (Lipinski definition) is 1. The lowest BCUT2D eigenvalue weighted by Crippen LogP contribution is -2.56. The van der Waals surface area contributed by atoms with Crippen molar-refractivity contribution >= 4 is 6.09 Å². The van der Waals surface area contributed by atoms with E-state index in [-0.39, 0.29) is 35.9 Å². The van der Waals surface area contributed by atoms with Crippen molar-refractivity contribution in [1.82, 2.24) is 4.90 Å². The molecule has 2 saturated heterocycles. The van der Waals surface area contributed by atoms with Gasteiger partial charge in [-0.15, -0.1) is 0 Å². The van der Waals surface area contributed by atoms with Gasteiger partial charge in [-0.3, -0.25) is 0 Å². The van der Waals surface area contributed by atoms with E-state index in [1.165, 1.54) is 0 Å². The van der Waals surface area contributed by atoms with E-state index in [4.69, 9.17) is 14.2 Å². The van der Waals surface area contributed by atoms with Gasteiger partial charge in [-0.25, -0.2) is 4.79 Å². The van der Waals surface area contributed by atoms with Crippen molar-refractivity contribution < 1.29 is 24.1 Å². The molecule has 3 heterocycles. The Kier molecular flexibility index (Phi) is 4.53. The highest BCUT2D eigenvalue weighted by molar-refractivity contribution is 5.68. The van der Waals surface area contributed by atoms with E-state index < -0.39 is 11.2 Å². The van der Waals surface area contributed by atoms with Crippen molar-refractivity contribution in [3.05, 3.63) is 23.8 Å². The predicted octanol–water partition coefficient (Wildman–Crippen LogP) is 4.27. The van der Waals surface area contributed by atoms with Crippen LogP contribution in [-0.2, 0) is 9.47 Å². The van der Waals surface area contributed by atoms with Crippen LogP contribution in [0.25, 0.3) is 0 Å². The first-order valence-corrected chi connectivity index (χ1v) is 10.2. The topological polar surface area (TPSA) is 68.2 Å². The summed E-state index contributed by atoms with van der Waals surface area (Å²) in [7, 11) is 0. The second-order valence-corrected chi connectivity index (χ2v) is 9.84. The number of nitrogens with zero attached hydrogens (tertiary/aromatic N) is 1. The van der Waals surface area contributed by atoms with Gasteiger partial charge in [0.05, 0.1) is 12.2 Å². The Morgan fingerprint density at radius 1 is 1.32 bits per heavy atom. The minimum absolute atomic E-state index is 0.0475. The third kappa shape index (κ3) is 3.54. The molecule has 0 aliphatic carbocycles. The van der Waals surface area contributed by atoms with Crippen molar-refractivity contribution in [1.29, 1.82) is 0 Å². The Bertz CT molecular complexity index is 769. The average molecular weight is 389 g/mol. The number of phenolic OH excluding ortho intramolecular Hbond substituents is 1. The molecule has 0 spiro atoms. The summed E-state index contributed by atoms with van der Waals surface area (Å²) in [6.45, 7) is 11.1. The number of carbonyl (C=O) groups is 1. The first kappa shape index (κ1) is 19.4. The Labute approximate surface area is 166 Å². The molecule has 1 amide bonds. The van der Waals surface area contributed by atoms with Crippen LogP contribution < -0.4 is 4.74 Å². The average Bonchev–Trinajstić information content (AvgIpc) is 2.58. The zero-order valence-electron chi connectivity index (χ0n) is 17.4. The lowest BCUT2D eigenvalue weighted by Gasteiger charge is -2.53. The zero-order chi connectivity index (χ0) is 20.3. The first-order valence-electron chi connectivity index (χ1n) is 10.2. The Balaban J connectivity index is 1.54. The van der Waals surface area contributed by atoms with Crippen LogP contribution in [0.4, 0.5) is 4.79 Å². The highest BCUT2D eigenvalue weighted by Gasteiger charge is 2.51. The fourth-order valence-corrected chi connectivity index (χ4v) is 4.79. The smallest absolute Gasteiger partial charge is 0.410 e. The summed E-state index contributed by atoms with van der Waals surface area (Å²) in [6.07, 6.45) is 1.57. The molecule has 0 radical (unpaired) electrons. The van der Waals surface area contributed by atoms with E-state index in [2.05, 4.69) is 13.8 Å². The zero-order valence-corrected chi connectivity index (χ0v) is 17.4. The molecular formula is C22H31NO5. The van der Waals surface area contributed by atoms with E-state index in [0.29, 0.717) is 18.8 Å². The Morgan fingerprint density at radius 2 is 2.07 bits per heavy atom. The fourth-order valence-electron chi connectivity index (χ4n) is 4.79. The summed E-state index contributed by atoms with van der Waals surface area (Å²) >= 11 is 0. The summed E-state index contributed by atoms with van der Waals surface area (Å²) in [5.74, 6) is 1.36. The molecule has 0 bridgehead atoms. The monoisotopic (exact) mass is 389 g/mol. The van der Waals surface area contributed by atoms with Crippen LogP contribution in [0.1, 0.15) is 59.1 Å². The highest BCUT2D eigenvalue weighted by atomic mass is 16.6. The van der Waals surface area contributed by atoms with E-state index in [1.807, 2.05) is 31.7 Å². The molecule has 28 heavy (non-hydrogen) atoms. The van der Waals surface area contributed by atoms with Crippen LogP contribution in [0, 0.1) is 11.8 Å². The minimum atomic E-state index is -0.490. The van der Waals surface area contributed by atoms with Gasteiger partial charge >= 0.3 is 6.09 Å². The summed E-state index contributed by atoms with van der Waals surface area (Å²) in [6, 6.07) is 5.28. The molecule has 154 valence electrons. The van der Waals surface area contributed by atoms with E-state index in [9.17, 15) is 9.90 Å². The molecule has 6 nitrogen and oxygen atoms in total. The third-order valence-corrected chi connectivity index (χ3v) is 6.13. The van der Waals surface area contributed by atoms with Crippen LogP contribution >= 0.6 is 0 Å². The molecular weight excluding hydrogens is 358 g/mol. The maximum atomic E-state index is 12.5. The molecule has 1 N–H and O–H groups in total. The van der Waals surface area contributed by atoms with Gasteiger partial charge in [-0.1, -0.05) is 0 Å². The van der Waals surface area contributed by atoms with Crippen LogP contribution in [0.15, 0.2) is 18.2 Å². The number of piperidine rings is 1.